The molecule has 1 N–H and O–H groups in total. The van der Waals surface area contributed by atoms with E-state index in [0.29, 0.717) is 6.61 Å². The molecular weight excluding hydrogens is 216 g/mol. The second-order valence-corrected chi connectivity index (χ2v) is 3.90. The quantitative estimate of drug-likeness (QED) is 0.854. The van der Waals surface area contributed by atoms with Crippen LogP contribution in [0, 0.1) is 0 Å². The summed E-state index contributed by atoms with van der Waals surface area (Å²) in [5.41, 5.74) is 2.02. The second kappa shape index (κ2) is 4.08. The van der Waals surface area contributed by atoms with Crippen molar-refractivity contribution in [3.05, 3.63) is 24.5 Å². The fourth-order valence-electron chi connectivity index (χ4n) is 2.04. The van der Waals surface area contributed by atoms with E-state index in [9.17, 15) is 0 Å². The Bertz CT molecular complexity index is 535. The summed E-state index contributed by atoms with van der Waals surface area (Å²) < 4.78 is 7.74. The van der Waals surface area contributed by atoms with Gasteiger partial charge in [0.2, 0.25) is 0 Å². The monoisotopic (exact) mass is 230 g/mol. The highest BCUT2D eigenvalue weighted by Gasteiger charge is 2.18. The van der Waals surface area contributed by atoms with Crippen LogP contribution in [0.2, 0.25) is 0 Å². The summed E-state index contributed by atoms with van der Waals surface area (Å²) in [4.78, 5) is 0. The molecular formula is C12H14N4O. The van der Waals surface area contributed by atoms with Gasteiger partial charge < -0.3 is 14.6 Å². The number of rotatable bonds is 2. The third kappa shape index (κ3) is 1.63. The normalized spacial score (nSPS) is 13.7. The Morgan fingerprint density at radius 1 is 1.47 bits per heavy atom. The number of hydrogen-bond acceptors (Lipinski definition) is 4. The minimum absolute atomic E-state index is 0.685. The standard InChI is InChI=1S/C12H14N4O/c1-2-16-8-14-15-12(16)9-4-3-5-10-11(9)17-7-6-13-10/h3-5,8,13H,2,6-7H2,1H3. The van der Waals surface area contributed by atoms with E-state index in [1.165, 1.54) is 0 Å². The van der Waals surface area contributed by atoms with Crippen molar-refractivity contribution in [2.75, 3.05) is 18.5 Å². The molecule has 1 aliphatic rings. The summed E-state index contributed by atoms with van der Waals surface area (Å²) in [5, 5.41) is 11.4. The van der Waals surface area contributed by atoms with Crippen molar-refractivity contribution < 1.29 is 4.74 Å². The summed E-state index contributed by atoms with van der Waals surface area (Å²) in [6.07, 6.45) is 1.74. The SMILES string of the molecule is CCn1cnnc1-c1cccc2c1OCCN2. The lowest BCUT2D eigenvalue weighted by Crippen LogP contribution is -2.18. The first-order valence-electron chi connectivity index (χ1n) is 5.78. The van der Waals surface area contributed by atoms with Gasteiger partial charge in [-0.05, 0) is 19.1 Å². The Kier molecular flexibility index (Phi) is 2.44. The zero-order valence-electron chi connectivity index (χ0n) is 9.68. The minimum Gasteiger partial charge on any atom is -0.489 e. The van der Waals surface area contributed by atoms with E-state index in [4.69, 9.17) is 4.74 Å². The van der Waals surface area contributed by atoms with Gasteiger partial charge >= 0.3 is 0 Å². The van der Waals surface area contributed by atoms with Gasteiger partial charge in [-0.25, -0.2) is 0 Å². The van der Waals surface area contributed by atoms with Crippen LogP contribution in [0.5, 0.6) is 5.75 Å². The van der Waals surface area contributed by atoms with Crippen molar-refractivity contribution in [1.29, 1.82) is 0 Å². The van der Waals surface area contributed by atoms with Crippen LogP contribution in [0.15, 0.2) is 24.5 Å². The van der Waals surface area contributed by atoms with Gasteiger partial charge in [0.05, 0.1) is 11.3 Å². The van der Waals surface area contributed by atoms with Gasteiger partial charge in [0.1, 0.15) is 12.9 Å². The molecule has 1 aliphatic heterocycles. The molecule has 0 unspecified atom stereocenters. The van der Waals surface area contributed by atoms with Gasteiger partial charge in [0.15, 0.2) is 11.6 Å². The van der Waals surface area contributed by atoms with E-state index in [1.54, 1.807) is 6.33 Å². The molecule has 0 spiro atoms. The van der Waals surface area contributed by atoms with Crippen molar-refractivity contribution in [3.8, 4) is 17.1 Å². The molecule has 2 heterocycles. The molecule has 0 saturated heterocycles. The highest BCUT2D eigenvalue weighted by molar-refractivity contribution is 5.75. The molecule has 0 radical (unpaired) electrons. The van der Waals surface area contributed by atoms with Crippen LogP contribution >= 0.6 is 0 Å². The lowest BCUT2D eigenvalue weighted by atomic mass is 10.1. The topological polar surface area (TPSA) is 52.0 Å². The first kappa shape index (κ1) is 10.1. The molecule has 0 amide bonds. The molecule has 0 bridgehead atoms. The molecule has 0 aliphatic carbocycles. The fraction of sp³-hybridized carbons (Fsp3) is 0.333. The van der Waals surface area contributed by atoms with Gasteiger partial charge in [-0.1, -0.05) is 6.07 Å². The molecule has 17 heavy (non-hydrogen) atoms. The minimum atomic E-state index is 0.685. The predicted octanol–water partition coefficient (Wildman–Crippen LogP) is 1.77. The van der Waals surface area contributed by atoms with Crippen LogP contribution in [-0.2, 0) is 6.54 Å². The summed E-state index contributed by atoms with van der Waals surface area (Å²) >= 11 is 0. The van der Waals surface area contributed by atoms with E-state index in [0.717, 1.165) is 35.9 Å². The molecule has 5 heteroatoms. The summed E-state index contributed by atoms with van der Waals surface area (Å²) in [5.74, 6) is 1.73. The molecule has 0 saturated carbocycles. The summed E-state index contributed by atoms with van der Waals surface area (Å²) in [7, 11) is 0. The molecule has 0 atom stereocenters. The number of hydrogen-bond donors (Lipinski definition) is 1. The van der Waals surface area contributed by atoms with Crippen LogP contribution in [0.25, 0.3) is 11.4 Å². The first-order chi connectivity index (χ1) is 8.40. The fourth-order valence-corrected chi connectivity index (χ4v) is 2.04. The van der Waals surface area contributed by atoms with E-state index >= 15 is 0 Å². The van der Waals surface area contributed by atoms with Gasteiger partial charge in [0, 0.05) is 13.1 Å². The zero-order valence-corrected chi connectivity index (χ0v) is 9.68. The number of nitrogens with zero attached hydrogens (tertiary/aromatic N) is 3. The largest absolute Gasteiger partial charge is 0.489 e. The van der Waals surface area contributed by atoms with Gasteiger partial charge in [0.25, 0.3) is 0 Å². The average Bonchev–Trinajstić information content (AvgIpc) is 2.86. The maximum Gasteiger partial charge on any atom is 0.167 e. The Morgan fingerprint density at radius 2 is 2.41 bits per heavy atom. The molecule has 1 aromatic carbocycles. The van der Waals surface area contributed by atoms with Crippen LogP contribution in [-0.4, -0.2) is 27.9 Å². The lowest BCUT2D eigenvalue weighted by Gasteiger charge is -2.21. The van der Waals surface area contributed by atoms with Gasteiger partial charge in [-0.15, -0.1) is 10.2 Å². The Hall–Kier alpha value is -2.04. The van der Waals surface area contributed by atoms with Gasteiger partial charge in [-0.3, -0.25) is 0 Å². The van der Waals surface area contributed by atoms with Crippen LogP contribution < -0.4 is 10.1 Å². The number of para-hydroxylation sites is 1. The lowest BCUT2D eigenvalue weighted by molar-refractivity contribution is 0.324. The zero-order chi connectivity index (χ0) is 11.7. The maximum atomic E-state index is 5.73. The Labute approximate surface area is 99.4 Å². The third-order valence-electron chi connectivity index (χ3n) is 2.88. The van der Waals surface area contributed by atoms with E-state index in [-0.39, 0.29) is 0 Å². The molecule has 5 nitrogen and oxygen atoms in total. The number of anilines is 1. The van der Waals surface area contributed by atoms with E-state index < -0.39 is 0 Å². The van der Waals surface area contributed by atoms with Crippen molar-refractivity contribution in [3.63, 3.8) is 0 Å². The average molecular weight is 230 g/mol. The molecule has 3 rings (SSSR count). The number of aryl methyl sites for hydroxylation is 1. The highest BCUT2D eigenvalue weighted by Crippen LogP contribution is 2.36. The first-order valence-corrected chi connectivity index (χ1v) is 5.78. The van der Waals surface area contributed by atoms with Crippen molar-refractivity contribution in [1.82, 2.24) is 14.8 Å². The smallest absolute Gasteiger partial charge is 0.167 e. The van der Waals surface area contributed by atoms with Crippen LogP contribution in [0.3, 0.4) is 0 Å². The number of nitrogens with one attached hydrogen (secondary N) is 1. The highest BCUT2D eigenvalue weighted by atomic mass is 16.5. The van der Waals surface area contributed by atoms with Crippen LogP contribution in [0.4, 0.5) is 5.69 Å². The van der Waals surface area contributed by atoms with Crippen LogP contribution in [0.1, 0.15) is 6.92 Å². The van der Waals surface area contributed by atoms with Crippen molar-refractivity contribution >= 4 is 5.69 Å². The predicted molar refractivity (Wildman–Crippen MR) is 65.1 cm³/mol. The van der Waals surface area contributed by atoms with Gasteiger partial charge in [-0.2, -0.15) is 0 Å². The number of ether oxygens (including phenoxy) is 1. The second-order valence-electron chi connectivity index (χ2n) is 3.90. The van der Waals surface area contributed by atoms with Crippen molar-refractivity contribution in [2.45, 2.75) is 13.5 Å². The summed E-state index contributed by atoms with van der Waals surface area (Å²) in [6.45, 7) is 4.45. The summed E-state index contributed by atoms with van der Waals surface area (Å²) in [6, 6.07) is 6.04. The third-order valence-corrected chi connectivity index (χ3v) is 2.88. The Balaban J connectivity index is 2.14. The van der Waals surface area contributed by atoms with E-state index in [1.807, 2.05) is 22.8 Å². The number of fused-ring (bicyclic) bond motifs is 1. The molecule has 88 valence electrons. The maximum absolute atomic E-state index is 5.73. The van der Waals surface area contributed by atoms with Crippen molar-refractivity contribution in [2.24, 2.45) is 0 Å². The number of aromatic nitrogens is 3. The number of benzene rings is 1. The molecule has 1 aromatic heterocycles. The van der Waals surface area contributed by atoms with E-state index in [2.05, 4.69) is 22.4 Å². The molecule has 0 fully saturated rings. The Morgan fingerprint density at radius 3 is 3.29 bits per heavy atom. The molecule has 2 aromatic rings.